The molecule has 0 bridgehead atoms. The lowest BCUT2D eigenvalue weighted by atomic mass is 10.1. The maximum Gasteiger partial charge on any atom is -0.0169 e. The molecule has 0 aliphatic heterocycles. The van der Waals surface area contributed by atoms with Gasteiger partial charge in [-0.05, 0) is 112 Å². The Morgan fingerprint density at radius 3 is 2.67 bits per heavy atom. The van der Waals surface area contributed by atoms with Gasteiger partial charge in [0.15, 0.2) is 0 Å². The molecule has 0 heterocycles. The van der Waals surface area contributed by atoms with Crippen LogP contribution in [0.5, 0.6) is 0 Å². The van der Waals surface area contributed by atoms with Gasteiger partial charge >= 0.3 is 0 Å². The fourth-order valence-electron chi connectivity index (χ4n) is 4.75. The van der Waals surface area contributed by atoms with Crippen molar-refractivity contribution in [2.75, 3.05) is 6.66 Å². The zero-order valence-electron chi connectivity index (χ0n) is 22.8. The number of hydrogen-bond acceptors (Lipinski definition) is 0. The molecule has 0 amide bonds. The van der Waals surface area contributed by atoms with E-state index in [0.717, 1.165) is 19.3 Å². The second-order valence-electron chi connectivity index (χ2n) is 9.44. The van der Waals surface area contributed by atoms with Gasteiger partial charge < -0.3 is 0 Å². The SMILES string of the molecule is C/C=C\C=C(/CCc1ccccc1P(C)C1=CC=CCC1)P(C1=CCCCC=C1)/C(C)=C/C=C\CC. The Hall–Kier alpha value is -2.00. The lowest BCUT2D eigenvalue weighted by Gasteiger charge is -2.25. The van der Waals surface area contributed by atoms with Gasteiger partial charge in [-0.3, -0.25) is 0 Å². The standard InChI is InChI=1S/C34H44P2/c1-5-7-12-19-29(3)36(32-24-13-9-10-14-25-32)33(21-8-6-2)28-27-30-20-17-18-26-34(30)35(4)31-22-15-11-16-23-31/h6-8,11-13,15,17-22,24-26H,5,9-10,14,16,23,27-28H2,1-4H3/b8-6-,12-7-,29-19+,33-21+. The summed E-state index contributed by atoms with van der Waals surface area (Å²) in [7, 11) is -0.775. The van der Waals surface area contributed by atoms with E-state index < -0.39 is 7.92 Å². The molecular weight excluding hydrogens is 470 g/mol. The summed E-state index contributed by atoms with van der Waals surface area (Å²) in [6, 6.07) is 9.22. The van der Waals surface area contributed by atoms with Gasteiger partial charge in [0, 0.05) is 0 Å². The summed E-state index contributed by atoms with van der Waals surface area (Å²) < 4.78 is 0. The van der Waals surface area contributed by atoms with Crippen LogP contribution in [0.25, 0.3) is 0 Å². The average Bonchev–Trinajstić information content (AvgIpc) is 3.20. The predicted molar refractivity (Wildman–Crippen MR) is 168 cm³/mol. The van der Waals surface area contributed by atoms with Crippen molar-refractivity contribution in [2.24, 2.45) is 0 Å². The third kappa shape index (κ3) is 8.54. The van der Waals surface area contributed by atoms with Crippen LogP contribution < -0.4 is 5.30 Å². The molecule has 2 aliphatic carbocycles. The lowest BCUT2D eigenvalue weighted by molar-refractivity contribution is 0.875. The van der Waals surface area contributed by atoms with Crippen molar-refractivity contribution in [2.45, 2.75) is 72.1 Å². The molecule has 1 aromatic rings. The van der Waals surface area contributed by atoms with Crippen molar-refractivity contribution in [3.63, 3.8) is 0 Å². The quantitative estimate of drug-likeness (QED) is 0.203. The van der Waals surface area contributed by atoms with E-state index in [9.17, 15) is 0 Å². The van der Waals surface area contributed by atoms with Crippen LogP contribution in [0.1, 0.15) is 71.3 Å². The van der Waals surface area contributed by atoms with E-state index in [2.05, 4.69) is 125 Å². The first-order chi connectivity index (χ1) is 17.7. The van der Waals surface area contributed by atoms with Gasteiger partial charge in [0.25, 0.3) is 0 Å². The van der Waals surface area contributed by atoms with E-state index in [1.54, 1.807) is 15.9 Å². The Labute approximate surface area is 223 Å². The molecule has 3 rings (SSSR count). The summed E-state index contributed by atoms with van der Waals surface area (Å²) in [6.07, 6.45) is 37.3. The van der Waals surface area contributed by atoms with E-state index in [0.29, 0.717) is 0 Å². The highest BCUT2D eigenvalue weighted by atomic mass is 31.1. The van der Waals surface area contributed by atoms with E-state index in [-0.39, 0.29) is 7.92 Å². The number of hydrogen-bond donors (Lipinski definition) is 0. The Bertz CT molecular complexity index is 1090. The Morgan fingerprint density at radius 1 is 1.03 bits per heavy atom. The Balaban J connectivity index is 1.93. The van der Waals surface area contributed by atoms with Crippen LogP contribution in [0.4, 0.5) is 0 Å². The zero-order chi connectivity index (χ0) is 25.6. The smallest absolute Gasteiger partial charge is 0.0169 e. The number of allylic oxidation sites excluding steroid dienone is 16. The van der Waals surface area contributed by atoms with E-state index in [1.165, 1.54) is 48.3 Å². The molecule has 0 spiro atoms. The molecule has 2 unspecified atom stereocenters. The normalized spacial score (nSPS) is 18.9. The van der Waals surface area contributed by atoms with Crippen molar-refractivity contribution >= 4 is 21.1 Å². The molecule has 0 aromatic heterocycles. The van der Waals surface area contributed by atoms with E-state index in [4.69, 9.17) is 0 Å². The topological polar surface area (TPSA) is 0 Å². The average molecular weight is 515 g/mol. The van der Waals surface area contributed by atoms with Gasteiger partial charge in [-0.25, -0.2) is 0 Å². The van der Waals surface area contributed by atoms with Crippen LogP contribution >= 0.6 is 15.8 Å². The molecule has 0 nitrogen and oxygen atoms in total. The Morgan fingerprint density at radius 2 is 1.89 bits per heavy atom. The van der Waals surface area contributed by atoms with Crippen LogP contribution in [0.2, 0.25) is 0 Å². The lowest BCUT2D eigenvalue weighted by Crippen LogP contribution is -2.10. The maximum atomic E-state index is 2.52. The second kappa shape index (κ2) is 16.0. The van der Waals surface area contributed by atoms with Crippen LogP contribution in [-0.2, 0) is 6.42 Å². The van der Waals surface area contributed by atoms with Gasteiger partial charge in [0.05, 0.1) is 0 Å². The van der Waals surface area contributed by atoms with Crippen molar-refractivity contribution in [1.82, 2.24) is 0 Å². The fraction of sp³-hybridized carbons (Fsp3) is 0.353. The number of rotatable bonds is 11. The molecule has 0 saturated heterocycles. The molecule has 0 N–H and O–H groups in total. The molecule has 0 radical (unpaired) electrons. The third-order valence-corrected chi connectivity index (χ3v) is 11.8. The first-order valence-electron chi connectivity index (χ1n) is 13.6. The van der Waals surface area contributed by atoms with Gasteiger partial charge in [-0.1, -0.05) is 112 Å². The van der Waals surface area contributed by atoms with Gasteiger partial charge in [0.2, 0.25) is 0 Å². The maximum absolute atomic E-state index is 2.52. The molecule has 2 aliphatic rings. The highest BCUT2D eigenvalue weighted by molar-refractivity contribution is 7.70. The van der Waals surface area contributed by atoms with Crippen LogP contribution in [0.3, 0.4) is 0 Å². The highest BCUT2D eigenvalue weighted by Gasteiger charge is 2.21. The first kappa shape index (κ1) is 28.6. The molecule has 0 saturated carbocycles. The minimum Gasteiger partial charge on any atom is -0.0876 e. The van der Waals surface area contributed by atoms with E-state index in [1.807, 2.05) is 0 Å². The largest absolute Gasteiger partial charge is 0.0876 e. The number of benzene rings is 1. The summed E-state index contributed by atoms with van der Waals surface area (Å²) in [5.41, 5.74) is 1.53. The third-order valence-electron chi connectivity index (χ3n) is 6.73. The van der Waals surface area contributed by atoms with Gasteiger partial charge in [-0.2, -0.15) is 0 Å². The molecule has 36 heavy (non-hydrogen) atoms. The Kier molecular flexibility index (Phi) is 12.7. The monoisotopic (exact) mass is 514 g/mol. The summed E-state index contributed by atoms with van der Waals surface area (Å²) in [5.74, 6) is 0. The molecule has 0 fully saturated rings. The van der Waals surface area contributed by atoms with Crippen LogP contribution in [0.15, 0.2) is 118 Å². The molecular formula is C34H44P2. The summed E-state index contributed by atoms with van der Waals surface area (Å²) in [4.78, 5) is 0. The van der Waals surface area contributed by atoms with Crippen LogP contribution in [-0.4, -0.2) is 6.66 Å². The van der Waals surface area contributed by atoms with E-state index >= 15 is 0 Å². The minimum atomic E-state index is -0.503. The summed E-state index contributed by atoms with van der Waals surface area (Å²) in [5, 5.41) is 7.79. The van der Waals surface area contributed by atoms with Crippen molar-refractivity contribution in [3.8, 4) is 0 Å². The van der Waals surface area contributed by atoms with Crippen molar-refractivity contribution in [1.29, 1.82) is 0 Å². The molecule has 190 valence electrons. The van der Waals surface area contributed by atoms with Crippen molar-refractivity contribution in [3.05, 3.63) is 124 Å². The highest BCUT2D eigenvalue weighted by Crippen LogP contribution is 2.61. The fourth-order valence-corrected chi connectivity index (χ4v) is 9.32. The van der Waals surface area contributed by atoms with Gasteiger partial charge in [0.1, 0.15) is 0 Å². The zero-order valence-corrected chi connectivity index (χ0v) is 24.6. The second-order valence-corrected chi connectivity index (χ2v) is 14.1. The van der Waals surface area contributed by atoms with Gasteiger partial charge in [-0.15, -0.1) is 0 Å². The van der Waals surface area contributed by atoms with Crippen molar-refractivity contribution < 1.29 is 0 Å². The molecule has 2 heteroatoms. The van der Waals surface area contributed by atoms with Crippen LogP contribution in [0, 0.1) is 0 Å². The molecule has 1 aromatic carbocycles. The number of aryl methyl sites for hydroxylation is 1. The minimum absolute atomic E-state index is 0.271. The predicted octanol–water partition coefficient (Wildman–Crippen LogP) is 11.0. The summed E-state index contributed by atoms with van der Waals surface area (Å²) >= 11 is 0. The summed E-state index contributed by atoms with van der Waals surface area (Å²) in [6.45, 7) is 9.13. The first-order valence-corrected chi connectivity index (χ1v) is 16.8. The molecule has 2 atom stereocenters.